The Kier molecular flexibility index (Phi) is 5.09. The molecule has 1 N–H and O–H groups in total. The maximum Gasteiger partial charge on any atom is 0.126 e. The molecule has 0 spiro atoms. The van der Waals surface area contributed by atoms with Crippen LogP contribution in [0.1, 0.15) is 32.3 Å². The summed E-state index contributed by atoms with van der Waals surface area (Å²) in [6.07, 6.45) is 1.18. The molecule has 0 fully saturated rings. The van der Waals surface area contributed by atoms with Crippen molar-refractivity contribution in [1.82, 2.24) is 0 Å². The Morgan fingerprint density at radius 1 is 1.35 bits per heavy atom. The Morgan fingerprint density at radius 2 is 2.00 bits per heavy atom. The van der Waals surface area contributed by atoms with Crippen LogP contribution in [0.25, 0.3) is 0 Å². The first kappa shape index (κ1) is 14.1. The van der Waals surface area contributed by atoms with Gasteiger partial charge in [-0.25, -0.2) is 4.39 Å². The van der Waals surface area contributed by atoms with Gasteiger partial charge >= 0.3 is 0 Å². The fourth-order valence-corrected chi connectivity index (χ4v) is 1.64. The molecule has 0 aromatic heterocycles. The van der Waals surface area contributed by atoms with Crippen molar-refractivity contribution >= 4 is 0 Å². The first-order chi connectivity index (χ1) is 7.94. The van der Waals surface area contributed by atoms with Gasteiger partial charge in [-0.2, -0.15) is 0 Å². The molecule has 1 rings (SSSR count). The summed E-state index contributed by atoms with van der Waals surface area (Å²) in [4.78, 5) is 0. The van der Waals surface area contributed by atoms with Crippen LogP contribution < -0.4 is 0 Å². The van der Waals surface area contributed by atoms with Crippen molar-refractivity contribution in [1.29, 1.82) is 0 Å². The van der Waals surface area contributed by atoms with E-state index in [2.05, 4.69) is 0 Å². The van der Waals surface area contributed by atoms with Gasteiger partial charge in [-0.1, -0.05) is 18.2 Å². The minimum Gasteiger partial charge on any atom is -0.393 e. The minimum absolute atomic E-state index is 0.240. The summed E-state index contributed by atoms with van der Waals surface area (Å²) in [6.45, 7) is 3.95. The van der Waals surface area contributed by atoms with Crippen molar-refractivity contribution in [3.05, 3.63) is 35.6 Å². The average Bonchev–Trinajstić information content (AvgIpc) is 2.30. The molecular weight excluding hydrogens is 219 g/mol. The van der Waals surface area contributed by atoms with Crippen LogP contribution >= 0.6 is 0 Å². The standard InChI is InChI=1S/C14H21FO2/c1-14(2,17-3)9-8-12(16)10-11-6-4-5-7-13(11)15/h4-7,12,16H,8-10H2,1-3H3. The maximum atomic E-state index is 13.4. The summed E-state index contributed by atoms with van der Waals surface area (Å²) in [7, 11) is 1.66. The summed E-state index contributed by atoms with van der Waals surface area (Å²) in [6, 6.07) is 6.56. The van der Waals surface area contributed by atoms with E-state index in [1.54, 1.807) is 25.3 Å². The Morgan fingerprint density at radius 3 is 2.59 bits per heavy atom. The Balaban J connectivity index is 2.45. The van der Waals surface area contributed by atoms with Crippen molar-refractivity contribution in [3.63, 3.8) is 0 Å². The topological polar surface area (TPSA) is 29.5 Å². The number of ether oxygens (including phenoxy) is 1. The van der Waals surface area contributed by atoms with Gasteiger partial charge in [0.25, 0.3) is 0 Å². The molecule has 0 aliphatic heterocycles. The fourth-order valence-electron chi connectivity index (χ4n) is 1.64. The number of benzene rings is 1. The molecule has 0 heterocycles. The van der Waals surface area contributed by atoms with Gasteiger partial charge in [-0.15, -0.1) is 0 Å². The second-order valence-corrected chi connectivity index (χ2v) is 4.95. The molecule has 0 saturated heterocycles. The highest BCUT2D eigenvalue weighted by Gasteiger charge is 2.18. The van der Waals surface area contributed by atoms with Gasteiger partial charge in [0, 0.05) is 13.5 Å². The monoisotopic (exact) mass is 240 g/mol. The highest BCUT2D eigenvalue weighted by atomic mass is 19.1. The van der Waals surface area contributed by atoms with Gasteiger partial charge in [0.05, 0.1) is 11.7 Å². The predicted octanol–water partition coefficient (Wildman–Crippen LogP) is 2.93. The Labute approximate surface area is 102 Å². The van der Waals surface area contributed by atoms with Crippen LogP contribution in [-0.4, -0.2) is 23.9 Å². The van der Waals surface area contributed by atoms with Crippen molar-refractivity contribution in [2.75, 3.05) is 7.11 Å². The van der Waals surface area contributed by atoms with Crippen LogP contribution in [0, 0.1) is 5.82 Å². The molecular formula is C14H21FO2. The molecule has 0 amide bonds. The predicted molar refractivity (Wildman–Crippen MR) is 66.4 cm³/mol. The van der Waals surface area contributed by atoms with E-state index < -0.39 is 6.10 Å². The molecule has 0 bridgehead atoms. The van der Waals surface area contributed by atoms with E-state index in [4.69, 9.17) is 4.74 Å². The van der Waals surface area contributed by atoms with Crippen molar-refractivity contribution < 1.29 is 14.2 Å². The highest BCUT2D eigenvalue weighted by molar-refractivity contribution is 5.17. The van der Waals surface area contributed by atoms with Crippen molar-refractivity contribution in [2.24, 2.45) is 0 Å². The van der Waals surface area contributed by atoms with E-state index in [0.29, 0.717) is 18.4 Å². The quantitative estimate of drug-likeness (QED) is 0.828. The summed E-state index contributed by atoms with van der Waals surface area (Å²) < 4.78 is 18.6. The first-order valence-corrected chi connectivity index (χ1v) is 5.91. The lowest BCUT2D eigenvalue weighted by Crippen LogP contribution is -2.25. The van der Waals surface area contributed by atoms with Crippen LogP contribution in [0.4, 0.5) is 4.39 Å². The summed E-state index contributed by atoms with van der Waals surface area (Å²) in [5, 5.41) is 9.86. The summed E-state index contributed by atoms with van der Waals surface area (Å²) >= 11 is 0. The summed E-state index contributed by atoms with van der Waals surface area (Å²) in [5.74, 6) is -0.252. The van der Waals surface area contributed by atoms with Gasteiger partial charge in [0.1, 0.15) is 5.82 Å². The van der Waals surface area contributed by atoms with E-state index >= 15 is 0 Å². The number of hydrogen-bond acceptors (Lipinski definition) is 2. The van der Waals surface area contributed by atoms with Gasteiger partial charge < -0.3 is 9.84 Å². The zero-order valence-electron chi connectivity index (χ0n) is 10.7. The molecule has 17 heavy (non-hydrogen) atoms. The van der Waals surface area contributed by atoms with Crippen molar-refractivity contribution in [3.8, 4) is 0 Å². The normalized spacial score (nSPS) is 13.7. The van der Waals surface area contributed by atoms with Gasteiger partial charge in [-0.05, 0) is 38.3 Å². The molecule has 1 atom stereocenters. The van der Waals surface area contributed by atoms with Gasteiger partial charge in [0.2, 0.25) is 0 Å². The van der Waals surface area contributed by atoms with E-state index in [9.17, 15) is 9.50 Å². The maximum absolute atomic E-state index is 13.4. The van der Waals surface area contributed by atoms with Gasteiger partial charge in [0.15, 0.2) is 0 Å². The van der Waals surface area contributed by atoms with Gasteiger partial charge in [-0.3, -0.25) is 0 Å². The van der Waals surface area contributed by atoms with Crippen LogP contribution in [-0.2, 0) is 11.2 Å². The summed E-state index contributed by atoms with van der Waals surface area (Å²) in [5.41, 5.74) is 0.325. The number of methoxy groups -OCH3 is 1. The molecule has 1 aromatic rings. The smallest absolute Gasteiger partial charge is 0.126 e. The second-order valence-electron chi connectivity index (χ2n) is 4.95. The zero-order chi connectivity index (χ0) is 12.9. The van der Waals surface area contributed by atoms with Crippen LogP contribution in [0.3, 0.4) is 0 Å². The molecule has 0 aliphatic carbocycles. The molecule has 2 nitrogen and oxygen atoms in total. The average molecular weight is 240 g/mol. The third kappa shape index (κ3) is 4.84. The van der Waals surface area contributed by atoms with E-state index in [0.717, 1.165) is 6.42 Å². The number of hydrogen-bond donors (Lipinski definition) is 1. The number of aliphatic hydroxyl groups excluding tert-OH is 1. The minimum atomic E-state index is -0.527. The lowest BCUT2D eigenvalue weighted by Gasteiger charge is -2.24. The largest absolute Gasteiger partial charge is 0.393 e. The van der Waals surface area contributed by atoms with E-state index in [1.165, 1.54) is 6.07 Å². The third-order valence-corrected chi connectivity index (χ3v) is 3.05. The number of aliphatic hydroxyl groups is 1. The molecule has 0 saturated carbocycles. The molecule has 96 valence electrons. The van der Waals surface area contributed by atoms with Crippen LogP contribution in [0.2, 0.25) is 0 Å². The highest BCUT2D eigenvalue weighted by Crippen LogP contribution is 2.19. The zero-order valence-corrected chi connectivity index (χ0v) is 10.7. The third-order valence-electron chi connectivity index (χ3n) is 3.05. The van der Waals surface area contributed by atoms with Crippen LogP contribution in [0.15, 0.2) is 24.3 Å². The van der Waals surface area contributed by atoms with E-state index in [-0.39, 0.29) is 11.4 Å². The molecule has 1 unspecified atom stereocenters. The Hall–Kier alpha value is -0.930. The number of rotatable bonds is 6. The lowest BCUT2D eigenvalue weighted by molar-refractivity contribution is 0.00301. The second kappa shape index (κ2) is 6.12. The molecule has 3 heteroatoms. The molecule has 0 radical (unpaired) electrons. The van der Waals surface area contributed by atoms with Crippen molar-refractivity contribution in [2.45, 2.75) is 44.8 Å². The SMILES string of the molecule is COC(C)(C)CCC(O)Cc1ccccc1F. The van der Waals surface area contributed by atoms with E-state index in [1.807, 2.05) is 13.8 Å². The lowest BCUT2D eigenvalue weighted by atomic mass is 9.97. The molecule has 0 aliphatic rings. The Bertz CT molecular complexity index is 350. The number of halogens is 1. The molecule has 1 aromatic carbocycles. The first-order valence-electron chi connectivity index (χ1n) is 5.91. The van der Waals surface area contributed by atoms with Crippen LogP contribution in [0.5, 0.6) is 0 Å². The fraction of sp³-hybridized carbons (Fsp3) is 0.571.